The van der Waals surface area contributed by atoms with Crippen LogP contribution in [0.2, 0.25) is 0 Å². The van der Waals surface area contributed by atoms with Crippen molar-refractivity contribution in [3.63, 3.8) is 0 Å². The third kappa shape index (κ3) is 3.50. The largest absolute Gasteiger partial charge is 0.344 e. The summed E-state index contributed by atoms with van der Waals surface area (Å²) in [4.78, 5) is 22.8. The van der Waals surface area contributed by atoms with Crippen molar-refractivity contribution in [3.8, 4) is 0 Å². The minimum Gasteiger partial charge on any atom is -0.271 e. The lowest BCUT2D eigenvalue weighted by Crippen LogP contribution is -2.29. The number of aryl methyl sites for hydroxylation is 1. The van der Waals surface area contributed by atoms with Crippen LogP contribution in [0.25, 0.3) is 0 Å². The van der Waals surface area contributed by atoms with Crippen LogP contribution in [0.3, 0.4) is 0 Å². The highest BCUT2D eigenvalue weighted by Crippen LogP contribution is 1.51. The standard InChI is InChI=1S/C4H5N3O2.C3H6/c1-7-4(9)6-3(8)2-5-7;1-3-2/h2H,1H3,(H,6,8,9);3H,1H2,2H3. The maximum absolute atomic E-state index is 10.5. The van der Waals surface area contributed by atoms with Gasteiger partial charge in [0.25, 0.3) is 5.56 Å². The third-order valence-corrected chi connectivity index (χ3v) is 0.872. The lowest BCUT2D eigenvalue weighted by molar-refractivity contribution is 0.665. The smallest absolute Gasteiger partial charge is 0.271 e. The van der Waals surface area contributed by atoms with Gasteiger partial charge in [-0.25, -0.2) is 9.48 Å². The predicted molar refractivity (Wildman–Crippen MR) is 46.0 cm³/mol. The minimum atomic E-state index is -0.498. The Morgan fingerprint density at radius 2 is 2.17 bits per heavy atom. The molecule has 0 aromatic carbocycles. The number of aromatic nitrogens is 3. The maximum atomic E-state index is 10.5. The van der Waals surface area contributed by atoms with E-state index in [1.165, 1.54) is 7.05 Å². The summed E-state index contributed by atoms with van der Waals surface area (Å²) in [5.74, 6) is 0. The molecule has 5 nitrogen and oxygen atoms in total. The Balaban J connectivity index is 0.000000354. The molecule has 0 fully saturated rings. The van der Waals surface area contributed by atoms with Crippen LogP contribution in [0, 0.1) is 0 Å². The number of aromatic amines is 1. The van der Waals surface area contributed by atoms with Crippen molar-refractivity contribution >= 4 is 0 Å². The van der Waals surface area contributed by atoms with Crippen molar-refractivity contribution in [1.29, 1.82) is 0 Å². The van der Waals surface area contributed by atoms with Crippen molar-refractivity contribution in [2.24, 2.45) is 7.05 Å². The van der Waals surface area contributed by atoms with E-state index in [9.17, 15) is 9.59 Å². The second kappa shape index (κ2) is 5.06. The zero-order valence-electron chi connectivity index (χ0n) is 7.07. The molecular weight excluding hydrogens is 158 g/mol. The molecule has 5 heteroatoms. The van der Waals surface area contributed by atoms with E-state index < -0.39 is 11.2 Å². The van der Waals surface area contributed by atoms with Crippen molar-refractivity contribution in [3.05, 3.63) is 39.7 Å². The van der Waals surface area contributed by atoms with E-state index in [4.69, 9.17) is 0 Å². The van der Waals surface area contributed by atoms with Gasteiger partial charge in [0.2, 0.25) is 0 Å². The number of H-pyrrole nitrogens is 1. The SMILES string of the molecule is C=CC.Cn1ncc(=O)[nH]c1=O. The molecule has 1 rings (SSSR count). The number of rotatable bonds is 0. The quantitative estimate of drug-likeness (QED) is 0.540. The second-order valence-electron chi connectivity index (χ2n) is 1.97. The van der Waals surface area contributed by atoms with Gasteiger partial charge in [-0.1, -0.05) is 6.08 Å². The highest BCUT2D eigenvalue weighted by atomic mass is 16.2. The molecule has 1 aromatic heterocycles. The van der Waals surface area contributed by atoms with Crippen molar-refractivity contribution in [2.45, 2.75) is 6.92 Å². The highest BCUT2D eigenvalue weighted by molar-refractivity contribution is 4.67. The predicted octanol–water partition coefficient (Wildman–Crippen LogP) is -0.339. The molecule has 0 atom stereocenters. The number of allylic oxidation sites excluding steroid dienone is 1. The Labute approximate surface area is 69.4 Å². The van der Waals surface area contributed by atoms with Crippen LogP contribution in [0.5, 0.6) is 0 Å². The summed E-state index contributed by atoms with van der Waals surface area (Å²) in [6, 6.07) is 0. The van der Waals surface area contributed by atoms with Gasteiger partial charge < -0.3 is 0 Å². The topological polar surface area (TPSA) is 67.8 Å². The average molecular weight is 169 g/mol. The van der Waals surface area contributed by atoms with Gasteiger partial charge in [-0.2, -0.15) is 5.10 Å². The van der Waals surface area contributed by atoms with Crippen LogP contribution in [0.15, 0.2) is 28.4 Å². The summed E-state index contributed by atoms with van der Waals surface area (Å²) in [6.45, 7) is 5.25. The van der Waals surface area contributed by atoms with Crippen LogP contribution >= 0.6 is 0 Å². The zero-order chi connectivity index (χ0) is 9.56. The summed E-state index contributed by atoms with van der Waals surface area (Å²) in [5, 5.41) is 3.44. The number of nitrogens with zero attached hydrogens (tertiary/aromatic N) is 2. The molecule has 0 aliphatic rings. The summed E-state index contributed by atoms with van der Waals surface area (Å²) < 4.78 is 1.04. The van der Waals surface area contributed by atoms with Gasteiger partial charge in [-0.3, -0.25) is 9.78 Å². The van der Waals surface area contributed by atoms with E-state index in [2.05, 4.69) is 11.7 Å². The fourth-order valence-electron chi connectivity index (χ4n) is 0.410. The molecule has 0 bridgehead atoms. The summed E-state index contributed by atoms with van der Waals surface area (Å²) >= 11 is 0. The molecule has 66 valence electrons. The molecule has 0 saturated heterocycles. The van der Waals surface area contributed by atoms with Crippen molar-refractivity contribution < 1.29 is 0 Å². The third-order valence-electron chi connectivity index (χ3n) is 0.872. The van der Waals surface area contributed by atoms with Crippen LogP contribution in [-0.2, 0) is 7.05 Å². The molecule has 0 spiro atoms. The monoisotopic (exact) mass is 169 g/mol. The first-order valence-corrected chi connectivity index (χ1v) is 3.31. The lowest BCUT2D eigenvalue weighted by atomic mass is 10.8. The fourth-order valence-corrected chi connectivity index (χ4v) is 0.410. The highest BCUT2D eigenvalue weighted by Gasteiger charge is 1.87. The summed E-state index contributed by atoms with van der Waals surface area (Å²) in [5.41, 5.74) is -0.972. The van der Waals surface area contributed by atoms with E-state index in [0.29, 0.717) is 0 Å². The molecule has 0 radical (unpaired) electrons. The lowest BCUT2D eigenvalue weighted by Gasteiger charge is -1.88. The number of hydrogen-bond acceptors (Lipinski definition) is 3. The Bertz CT molecular complexity index is 350. The Morgan fingerprint density at radius 1 is 1.67 bits per heavy atom. The summed E-state index contributed by atoms with van der Waals surface area (Å²) in [6.07, 6.45) is 2.79. The maximum Gasteiger partial charge on any atom is 0.344 e. The van der Waals surface area contributed by atoms with Gasteiger partial charge in [0.15, 0.2) is 0 Å². The molecule has 0 saturated carbocycles. The van der Waals surface area contributed by atoms with E-state index in [1.807, 2.05) is 11.9 Å². The van der Waals surface area contributed by atoms with E-state index in [-0.39, 0.29) is 0 Å². The van der Waals surface area contributed by atoms with Gasteiger partial charge in [0.1, 0.15) is 6.20 Å². The molecule has 0 unspecified atom stereocenters. The first-order chi connectivity index (χ1) is 5.61. The Hall–Kier alpha value is -1.65. The average Bonchev–Trinajstić information content (AvgIpc) is 1.99. The first-order valence-electron chi connectivity index (χ1n) is 3.31. The normalized spacial score (nSPS) is 8.17. The zero-order valence-corrected chi connectivity index (χ0v) is 7.07. The molecule has 12 heavy (non-hydrogen) atoms. The van der Waals surface area contributed by atoms with Crippen LogP contribution in [0.4, 0.5) is 0 Å². The number of hydrogen-bond donors (Lipinski definition) is 1. The molecule has 0 amide bonds. The van der Waals surface area contributed by atoms with Crippen molar-refractivity contribution in [2.75, 3.05) is 0 Å². The fraction of sp³-hybridized carbons (Fsp3) is 0.286. The van der Waals surface area contributed by atoms with Crippen LogP contribution in [-0.4, -0.2) is 14.8 Å². The first kappa shape index (κ1) is 10.3. The van der Waals surface area contributed by atoms with Crippen LogP contribution < -0.4 is 11.2 Å². The molecule has 0 aliphatic carbocycles. The van der Waals surface area contributed by atoms with Crippen molar-refractivity contribution in [1.82, 2.24) is 14.8 Å². The second-order valence-corrected chi connectivity index (χ2v) is 1.97. The summed E-state index contributed by atoms with van der Waals surface area (Å²) in [7, 11) is 1.46. The van der Waals surface area contributed by atoms with E-state index >= 15 is 0 Å². The molecule has 1 N–H and O–H groups in total. The Kier molecular flexibility index (Phi) is 4.36. The van der Waals surface area contributed by atoms with Gasteiger partial charge in [-0.05, 0) is 6.92 Å². The van der Waals surface area contributed by atoms with Gasteiger partial charge in [0.05, 0.1) is 0 Å². The minimum absolute atomic E-state index is 0.474. The van der Waals surface area contributed by atoms with Crippen LogP contribution in [0.1, 0.15) is 6.92 Å². The molecular formula is C7H11N3O2. The Morgan fingerprint density at radius 3 is 2.50 bits per heavy atom. The molecule has 0 aliphatic heterocycles. The van der Waals surface area contributed by atoms with E-state index in [1.54, 1.807) is 6.08 Å². The molecule has 1 aromatic rings. The number of nitrogens with one attached hydrogen (secondary N) is 1. The van der Waals surface area contributed by atoms with Gasteiger partial charge >= 0.3 is 5.69 Å². The van der Waals surface area contributed by atoms with E-state index in [0.717, 1.165) is 10.9 Å². The van der Waals surface area contributed by atoms with Gasteiger partial charge in [-0.15, -0.1) is 6.58 Å². The van der Waals surface area contributed by atoms with Gasteiger partial charge in [0, 0.05) is 7.05 Å². The molecule has 1 heterocycles.